The van der Waals surface area contributed by atoms with Crippen LogP contribution in [0.4, 0.5) is 14.7 Å². The zero-order valence-electron chi connectivity index (χ0n) is 20.2. The van der Waals surface area contributed by atoms with Gasteiger partial charge in [0, 0.05) is 49.5 Å². The fraction of sp³-hybridized carbons (Fsp3) is 0.280. The molecule has 1 fully saturated rings. The van der Waals surface area contributed by atoms with Crippen LogP contribution in [-0.2, 0) is 11.4 Å². The Balaban J connectivity index is 1.52. The van der Waals surface area contributed by atoms with E-state index in [2.05, 4.69) is 25.2 Å². The van der Waals surface area contributed by atoms with Crippen LogP contribution in [0, 0.1) is 11.6 Å². The molecule has 1 aliphatic heterocycles. The molecule has 0 saturated carbocycles. The van der Waals surface area contributed by atoms with E-state index in [1.54, 1.807) is 12.4 Å². The summed E-state index contributed by atoms with van der Waals surface area (Å²) in [6, 6.07) is 4.00. The van der Waals surface area contributed by atoms with Gasteiger partial charge in [-0.25, -0.2) is 13.8 Å². The first-order valence-electron chi connectivity index (χ1n) is 11.5. The number of nitrogens with zero attached hydrogens (tertiary/aromatic N) is 5. The monoisotopic (exact) mass is 510 g/mol. The predicted octanol–water partition coefficient (Wildman–Crippen LogP) is 3.33. The van der Waals surface area contributed by atoms with E-state index in [4.69, 9.17) is 14.2 Å². The summed E-state index contributed by atoms with van der Waals surface area (Å²) in [5.74, 6) is -2.37. The molecule has 1 aliphatic rings. The van der Waals surface area contributed by atoms with Crippen LogP contribution in [0.2, 0.25) is 0 Å². The Bertz CT molecular complexity index is 1430. The standard InChI is InChI=1S/C25H24F2N6O4/c1-35-17-13-18(36-2)21(27)19(20(17)26)15-3-4-16(23-22(15)28-5-6-29-23)24(34)31-25-30-7-8-33(25)14-32-9-11-37-12-10-32/h3-8,13H,9-12,14H2,1-2H3,(H,30,31,34). The third-order valence-electron chi connectivity index (χ3n) is 6.11. The highest BCUT2D eigenvalue weighted by atomic mass is 19.1. The summed E-state index contributed by atoms with van der Waals surface area (Å²) < 4.78 is 47.8. The summed E-state index contributed by atoms with van der Waals surface area (Å²) in [5, 5.41) is 2.81. The number of methoxy groups -OCH3 is 2. The van der Waals surface area contributed by atoms with E-state index >= 15 is 8.78 Å². The number of hydrogen-bond acceptors (Lipinski definition) is 8. The van der Waals surface area contributed by atoms with Crippen molar-refractivity contribution < 1.29 is 27.8 Å². The number of anilines is 1. The van der Waals surface area contributed by atoms with Crippen molar-refractivity contribution in [2.75, 3.05) is 45.8 Å². The molecular weight excluding hydrogens is 486 g/mol. The van der Waals surface area contributed by atoms with E-state index < -0.39 is 23.1 Å². The maximum absolute atomic E-state index is 15.2. The van der Waals surface area contributed by atoms with E-state index in [0.717, 1.165) is 19.2 Å². The normalized spacial score (nSPS) is 14.1. The van der Waals surface area contributed by atoms with Crippen molar-refractivity contribution in [2.45, 2.75) is 6.67 Å². The fourth-order valence-corrected chi connectivity index (χ4v) is 4.24. The number of carbonyl (C=O) groups is 1. The van der Waals surface area contributed by atoms with Crippen LogP contribution in [-0.4, -0.2) is 70.8 Å². The number of nitrogens with one attached hydrogen (secondary N) is 1. The number of fused-ring (bicyclic) bond motifs is 1. The van der Waals surface area contributed by atoms with Crippen LogP contribution >= 0.6 is 0 Å². The molecule has 3 heterocycles. The molecule has 1 N–H and O–H groups in total. The van der Waals surface area contributed by atoms with Crippen molar-refractivity contribution in [1.82, 2.24) is 24.4 Å². The minimum Gasteiger partial charge on any atom is -0.494 e. The molecule has 192 valence electrons. The highest BCUT2D eigenvalue weighted by molar-refractivity contribution is 6.13. The molecule has 10 nitrogen and oxygen atoms in total. The lowest BCUT2D eigenvalue weighted by molar-refractivity contribution is 0.0237. The number of hydrogen-bond donors (Lipinski definition) is 1. The largest absolute Gasteiger partial charge is 0.494 e. The first kappa shape index (κ1) is 24.5. The molecule has 12 heteroatoms. The molecule has 5 rings (SSSR count). The van der Waals surface area contributed by atoms with Crippen molar-refractivity contribution in [3.63, 3.8) is 0 Å². The maximum atomic E-state index is 15.2. The zero-order chi connectivity index (χ0) is 25.9. The summed E-state index contributed by atoms with van der Waals surface area (Å²) in [5.41, 5.74) is 0.183. The van der Waals surface area contributed by atoms with Crippen LogP contribution in [0.5, 0.6) is 11.5 Å². The van der Waals surface area contributed by atoms with Gasteiger partial charge in [0.25, 0.3) is 5.91 Å². The van der Waals surface area contributed by atoms with Gasteiger partial charge >= 0.3 is 0 Å². The number of aromatic nitrogens is 4. The van der Waals surface area contributed by atoms with Crippen LogP contribution < -0.4 is 14.8 Å². The number of halogens is 2. The second-order valence-corrected chi connectivity index (χ2v) is 8.24. The number of amides is 1. The van der Waals surface area contributed by atoms with Crippen LogP contribution in [0.3, 0.4) is 0 Å². The number of imidazole rings is 1. The molecule has 1 amide bonds. The van der Waals surface area contributed by atoms with Gasteiger partial charge < -0.3 is 18.8 Å². The van der Waals surface area contributed by atoms with E-state index in [1.165, 1.54) is 38.7 Å². The number of benzene rings is 2. The van der Waals surface area contributed by atoms with Gasteiger partial charge in [-0.2, -0.15) is 0 Å². The second-order valence-electron chi connectivity index (χ2n) is 8.24. The van der Waals surface area contributed by atoms with E-state index in [-0.39, 0.29) is 33.7 Å². The van der Waals surface area contributed by atoms with Gasteiger partial charge in [-0.3, -0.25) is 25.0 Å². The Morgan fingerprint density at radius 1 is 1.00 bits per heavy atom. The van der Waals surface area contributed by atoms with Gasteiger partial charge in [-0.05, 0) is 6.07 Å². The molecule has 0 unspecified atom stereocenters. The Morgan fingerprint density at radius 3 is 2.35 bits per heavy atom. The van der Waals surface area contributed by atoms with Gasteiger partial charge in [-0.15, -0.1) is 0 Å². The second kappa shape index (κ2) is 10.4. The molecule has 0 bridgehead atoms. The quantitative estimate of drug-likeness (QED) is 0.404. The Morgan fingerprint density at radius 2 is 1.68 bits per heavy atom. The molecule has 2 aromatic carbocycles. The summed E-state index contributed by atoms with van der Waals surface area (Å²) in [6.07, 6.45) is 6.16. The fourth-order valence-electron chi connectivity index (χ4n) is 4.24. The molecule has 0 aliphatic carbocycles. The maximum Gasteiger partial charge on any atom is 0.260 e. The third kappa shape index (κ3) is 4.68. The Hall–Kier alpha value is -4.16. The molecule has 0 spiro atoms. The SMILES string of the molecule is COc1cc(OC)c(F)c(-c2ccc(C(=O)Nc3nccn3CN3CCOCC3)c3nccnc23)c1F. The summed E-state index contributed by atoms with van der Waals surface area (Å²) in [7, 11) is 2.54. The van der Waals surface area contributed by atoms with Crippen molar-refractivity contribution in [3.8, 4) is 22.6 Å². The average Bonchev–Trinajstić information content (AvgIpc) is 3.35. The van der Waals surface area contributed by atoms with E-state index in [1.807, 2.05) is 4.57 Å². The molecule has 1 saturated heterocycles. The van der Waals surface area contributed by atoms with Crippen molar-refractivity contribution in [2.24, 2.45) is 0 Å². The average molecular weight is 511 g/mol. The Labute approximate surface area is 210 Å². The lowest BCUT2D eigenvalue weighted by Crippen LogP contribution is -2.37. The van der Waals surface area contributed by atoms with E-state index in [0.29, 0.717) is 25.8 Å². The Kier molecular flexibility index (Phi) is 6.93. The molecule has 2 aromatic heterocycles. The highest BCUT2D eigenvalue weighted by Gasteiger charge is 2.25. The van der Waals surface area contributed by atoms with Gasteiger partial charge in [0.2, 0.25) is 5.95 Å². The molecule has 37 heavy (non-hydrogen) atoms. The smallest absolute Gasteiger partial charge is 0.260 e. The van der Waals surface area contributed by atoms with Crippen LogP contribution in [0.15, 0.2) is 43.0 Å². The summed E-state index contributed by atoms with van der Waals surface area (Å²) in [6.45, 7) is 3.38. The predicted molar refractivity (Wildman–Crippen MR) is 131 cm³/mol. The van der Waals surface area contributed by atoms with Gasteiger partial charge in [0.1, 0.15) is 5.52 Å². The highest BCUT2D eigenvalue weighted by Crippen LogP contribution is 2.40. The number of morpholine rings is 1. The van der Waals surface area contributed by atoms with Gasteiger partial charge in [0.05, 0.1) is 50.7 Å². The number of carbonyl (C=O) groups excluding carboxylic acids is 1. The zero-order valence-corrected chi connectivity index (χ0v) is 20.2. The van der Waals surface area contributed by atoms with Crippen LogP contribution in [0.1, 0.15) is 10.4 Å². The first-order chi connectivity index (χ1) is 18.0. The van der Waals surface area contributed by atoms with Gasteiger partial charge in [0.15, 0.2) is 23.1 Å². The summed E-state index contributed by atoms with van der Waals surface area (Å²) >= 11 is 0. The lowest BCUT2D eigenvalue weighted by Gasteiger charge is -2.27. The van der Waals surface area contributed by atoms with Gasteiger partial charge in [-0.1, -0.05) is 6.07 Å². The molecular formula is C25H24F2N6O4. The number of rotatable bonds is 7. The first-order valence-corrected chi connectivity index (χ1v) is 11.5. The lowest BCUT2D eigenvalue weighted by atomic mass is 9.99. The van der Waals surface area contributed by atoms with E-state index in [9.17, 15) is 4.79 Å². The van der Waals surface area contributed by atoms with Crippen LogP contribution in [0.25, 0.3) is 22.2 Å². The topological polar surface area (TPSA) is 104 Å². The van der Waals surface area contributed by atoms with Crippen molar-refractivity contribution >= 4 is 22.9 Å². The molecule has 0 radical (unpaired) electrons. The van der Waals surface area contributed by atoms with Crippen molar-refractivity contribution in [3.05, 3.63) is 60.2 Å². The van der Waals surface area contributed by atoms with Crippen molar-refractivity contribution in [1.29, 1.82) is 0 Å². The molecule has 0 atom stereocenters. The third-order valence-corrected chi connectivity index (χ3v) is 6.11. The molecule has 4 aromatic rings. The minimum atomic E-state index is -0.921. The summed E-state index contributed by atoms with van der Waals surface area (Å²) in [4.78, 5) is 28.3. The number of ether oxygens (including phenoxy) is 3. The minimum absolute atomic E-state index is 0.0978.